The molecule has 1 atom stereocenters. The first-order valence-corrected chi connectivity index (χ1v) is 11.8. The predicted molar refractivity (Wildman–Crippen MR) is 126 cm³/mol. The number of hydrogen-bond acceptors (Lipinski definition) is 8. The molecule has 0 radical (unpaired) electrons. The lowest BCUT2D eigenvalue weighted by atomic mass is 10.1. The Kier molecular flexibility index (Phi) is 5.58. The predicted octanol–water partition coefficient (Wildman–Crippen LogP) is 1.08. The Labute approximate surface area is 197 Å². The minimum Gasteiger partial charge on any atom is -0.389 e. The van der Waals surface area contributed by atoms with Gasteiger partial charge in [0.25, 0.3) is 11.5 Å². The highest BCUT2D eigenvalue weighted by Crippen LogP contribution is 2.32. The second-order valence-corrected chi connectivity index (χ2v) is 9.64. The number of aromatic nitrogens is 5. The van der Waals surface area contributed by atoms with Crippen LogP contribution in [0.3, 0.4) is 0 Å². The number of aryl methyl sites for hydroxylation is 2. The minimum atomic E-state index is -0.796. The molecule has 0 aliphatic carbocycles. The second-order valence-electron chi connectivity index (χ2n) is 8.56. The summed E-state index contributed by atoms with van der Waals surface area (Å²) >= 11 is 1.25. The van der Waals surface area contributed by atoms with Crippen LogP contribution in [0.15, 0.2) is 33.9 Å². The van der Waals surface area contributed by atoms with Gasteiger partial charge >= 0.3 is 5.69 Å². The average molecular weight is 485 g/mol. The molecule has 5 rings (SSSR count). The Hall–Kier alpha value is -3.35. The normalized spacial score (nSPS) is 16.4. The number of benzene rings is 1. The van der Waals surface area contributed by atoms with Crippen LogP contribution in [0, 0.1) is 0 Å². The number of hydrogen-bond donors (Lipinski definition) is 1. The van der Waals surface area contributed by atoms with E-state index in [2.05, 4.69) is 10.3 Å². The van der Waals surface area contributed by atoms with Gasteiger partial charge in [0.2, 0.25) is 0 Å². The van der Waals surface area contributed by atoms with Crippen LogP contribution in [0.2, 0.25) is 0 Å². The number of fused-ring (bicyclic) bond motifs is 2. The largest absolute Gasteiger partial charge is 0.389 e. The summed E-state index contributed by atoms with van der Waals surface area (Å²) in [6, 6.07) is 7.35. The van der Waals surface area contributed by atoms with Crippen LogP contribution in [0.5, 0.6) is 0 Å². The summed E-state index contributed by atoms with van der Waals surface area (Å²) in [5.74, 6) is -0.507. The Morgan fingerprint density at radius 1 is 1.29 bits per heavy atom. The van der Waals surface area contributed by atoms with Gasteiger partial charge in [-0.05, 0) is 26.0 Å². The highest BCUT2D eigenvalue weighted by molar-refractivity contribution is 7.19. The number of nitrogens with zero attached hydrogens (tertiary/aromatic N) is 6. The van der Waals surface area contributed by atoms with E-state index in [0.717, 1.165) is 20.7 Å². The molecule has 1 saturated heterocycles. The molecule has 0 spiro atoms. The Balaban J connectivity index is 1.67. The molecule has 3 aromatic heterocycles. The van der Waals surface area contributed by atoms with E-state index < -0.39 is 23.3 Å². The van der Waals surface area contributed by atoms with Gasteiger partial charge < -0.3 is 5.11 Å². The molecule has 1 aliphatic heterocycles. The van der Waals surface area contributed by atoms with E-state index in [9.17, 15) is 19.5 Å². The first-order valence-electron chi connectivity index (χ1n) is 11.0. The fourth-order valence-corrected chi connectivity index (χ4v) is 5.62. The molecule has 0 bridgehead atoms. The fourth-order valence-electron chi connectivity index (χ4n) is 4.22. The lowest BCUT2D eigenvalue weighted by Crippen LogP contribution is -2.39. The van der Waals surface area contributed by atoms with Gasteiger partial charge in [-0.15, -0.1) is 16.4 Å². The number of β-amino-alcohol motifs (C(OH)–C–C–N with tert-alkyl or cyclic N) is 1. The average Bonchev–Trinajstić information content (AvgIpc) is 3.52. The summed E-state index contributed by atoms with van der Waals surface area (Å²) < 4.78 is 4.31. The van der Waals surface area contributed by atoms with Crippen molar-refractivity contribution in [3.05, 3.63) is 55.5 Å². The Morgan fingerprint density at radius 3 is 2.76 bits per heavy atom. The third-order valence-electron chi connectivity index (χ3n) is 5.92. The van der Waals surface area contributed by atoms with Crippen molar-refractivity contribution < 1.29 is 14.7 Å². The highest BCUT2D eigenvalue weighted by atomic mass is 32.1. The molecule has 0 unspecified atom stereocenters. The third-order valence-corrected chi connectivity index (χ3v) is 7.17. The van der Waals surface area contributed by atoms with Gasteiger partial charge in [0.05, 0.1) is 23.0 Å². The zero-order valence-corrected chi connectivity index (χ0v) is 19.8. The van der Waals surface area contributed by atoms with Crippen LogP contribution in [0.1, 0.15) is 35.1 Å². The molecule has 1 amide bonds. The Bertz CT molecular complexity index is 1530. The molecule has 1 N–H and O–H groups in total. The van der Waals surface area contributed by atoms with Crippen LogP contribution in [0.25, 0.3) is 21.3 Å². The molecule has 4 heterocycles. The SMILES string of the molecule is CC(C)n1c(=O)n(C)c(=O)c2c(C(=O)N3C[C@H](O)CO3)c(CCn3nnc4ccccc43)sc21. The van der Waals surface area contributed by atoms with Crippen molar-refractivity contribution in [1.29, 1.82) is 0 Å². The molecular weight excluding hydrogens is 460 g/mol. The second kappa shape index (κ2) is 8.46. The van der Waals surface area contributed by atoms with Crippen LogP contribution in [-0.4, -0.2) is 59.5 Å². The molecule has 11 nitrogen and oxygen atoms in total. The third kappa shape index (κ3) is 3.54. The first-order chi connectivity index (χ1) is 16.3. The summed E-state index contributed by atoms with van der Waals surface area (Å²) in [6.45, 7) is 4.14. The monoisotopic (exact) mass is 484 g/mol. The molecule has 12 heteroatoms. The van der Waals surface area contributed by atoms with Crippen molar-refractivity contribution in [2.24, 2.45) is 7.05 Å². The van der Waals surface area contributed by atoms with E-state index in [-0.39, 0.29) is 30.1 Å². The van der Waals surface area contributed by atoms with Crippen LogP contribution >= 0.6 is 11.3 Å². The van der Waals surface area contributed by atoms with Crippen molar-refractivity contribution in [1.82, 2.24) is 29.2 Å². The van der Waals surface area contributed by atoms with Crippen molar-refractivity contribution in [3.63, 3.8) is 0 Å². The standard InChI is InChI=1S/C22H24N6O5S/c1-12(2)28-21-18(19(30)25(3)22(28)32)17(20(31)27-10-13(29)11-33-27)16(34-21)8-9-26-15-7-5-4-6-14(15)23-24-26/h4-7,12-13,29H,8-11H2,1-3H3/t13-/m0/s1. The highest BCUT2D eigenvalue weighted by Gasteiger charge is 2.33. The fraction of sp³-hybridized carbons (Fsp3) is 0.409. The number of carbonyl (C=O) groups excluding carboxylic acids is 1. The minimum absolute atomic E-state index is 0.00278. The number of amides is 1. The summed E-state index contributed by atoms with van der Waals surface area (Å²) in [7, 11) is 1.41. The van der Waals surface area contributed by atoms with E-state index in [1.807, 2.05) is 38.1 Å². The van der Waals surface area contributed by atoms with E-state index in [1.165, 1.54) is 23.0 Å². The van der Waals surface area contributed by atoms with Gasteiger partial charge in [-0.3, -0.25) is 23.6 Å². The van der Waals surface area contributed by atoms with E-state index in [1.54, 1.807) is 4.68 Å². The lowest BCUT2D eigenvalue weighted by molar-refractivity contribution is -0.0778. The van der Waals surface area contributed by atoms with Crippen molar-refractivity contribution >= 4 is 38.5 Å². The molecule has 1 fully saturated rings. The first kappa shape index (κ1) is 22.4. The number of carbonyl (C=O) groups is 1. The number of rotatable bonds is 5. The van der Waals surface area contributed by atoms with Crippen molar-refractivity contribution in [2.75, 3.05) is 13.2 Å². The van der Waals surface area contributed by atoms with Gasteiger partial charge in [-0.25, -0.2) is 14.5 Å². The summed E-state index contributed by atoms with van der Waals surface area (Å²) in [5.41, 5.74) is 0.853. The van der Waals surface area contributed by atoms with Crippen molar-refractivity contribution in [2.45, 2.75) is 39.0 Å². The van der Waals surface area contributed by atoms with Crippen molar-refractivity contribution in [3.8, 4) is 0 Å². The number of hydroxylamine groups is 2. The van der Waals surface area contributed by atoms with Gasteiger partial charge in [0.15, 0.2) is 0 Å². The lowest BCUT2D eigenvalue weighted by Gasteiger charge is -2.15. The summed E-state index contributed by atoms with van der Waals surface area (Å²) in [4.78, 5) is 46.1. The molecule has 34 heavy (non-hydrogen) atoms. The zero-order valence-electron chi connectivity index (χ0n) is 19.0. The maximum atomic E-state index is 13.5. The zero-order chi connectivity index (χ0) is 24.1. The van der Waals surface area contributed by atoms with Crippen LogP contribution < -0.4 is 11.2 Å². The van der Waals surface area contributed by atoms with Crippen LogP contribution in [0.4, 0.5) is 0 Å². The molecule has 0 saturated carbocycles. The quantitative estimate of drug-likeness (QED) is 0.449. The van der Waals surface area contributed by atoms with Gasteiger partial charge in [-0.2, -0.15) is 0 Å². The van der Waals surface area contributed by atoms with E-state index >= 15 is 0 Å². The number of aliphatic hydroxyl groups excluding tert-OH is 1. The van der Waals surface area contributed by atoms with E-state index in [4.69, 9.17) is 4.84 Å². The van der Waals surface area contributed by atoms with Gasteiger partial charge in [-0.1, -0.05) is 17.3 Å². The Morgan fingerprint density at radius 2 is 2.06 bits per heavy atom. The maximum absolute atomic E-state index is 13.5. The molecule has 178 valence electrons. The summed E-state index contributed by atoms with van der Waals surface area (Å²) in [5, 5.41) is 19.5. The van der Waals surface area contributed by atoms with Gasteiger partial charge in [0, 0.05) is 30.9 Å². The number of para-hydroxylation sites is 1. The van der Waals surface area contributed by atoms with Crippen LogP contribution in [-0.2, 0) is 24.9 Å². The van der Waals surface area contributed by atoms with Gasteiger partial charge in [0.1, 0.15) is 23.1 Å². The summed E-state index contributed by atoms with van der Waals surface area (Å²) in [6.07, 6.45) is -0.407. The molecule has 4 aromatic rings. The number of thiophene rings is 1. The smallest absolute Gasteiger partial charge is 0.332 e. The molecular formula is C22H24N6O5S. The molecule has 1 aliphatic rings. The molecule has 1 aromatic carbocycles. The topological polar surface area (TPSA) is 124 Å². The maximum Gasteiger partial charge on any atom is 0.332 e. The van der Waals surface area contributed by atoms with E-state index in [0.29, 0.717) is 22.7 Å². The number of aliphatic hydroxyl groups is 1.